The molecular weight excluding hydrogens is 270 g/mol. The summed E-state index contributed by atoms with van der Waals surface area (Å²) in [6, 6.07) is 6.31. The number of thiophene rings is 1. The largest absolute Gasteiger partial charge is 0.311 e. The minimum absolute atomic E-state index is 0.0617. The second kappa shape index (κ2) is 7.24. The second-order valence-electron chi connectivity index (χ2n) is 4.90. The van der Waals surface area contributed by atoms with Crippen LogP contribution in [-0.4, -0.2) is 15.7 Å². The van der Waals surface area contributed by atoms with Gasteiger partial charge in [-0.05, 0) is 37.6 Å². The van der Waals surface area contributed by atoms with E-state index in [2.05, 4.69) is 35.7 Å². The fraction of sp³-hybridized carbons (Fsp3) is 0.467. The molecule has 0 saturated heterocycles. The number of nitrogens with zero attached hydrogens (tertiary/aromatic N) is 2. The van der Waals surface area contributed by atoms with Crippen molar-refractivity contribution < 1.29 is 4.79 Å². The molecule has 0 saturated carbocycles. The molecule has 0 aliphatic rings. The Kier molecular flexibility index (Phi) is 5.35. The molecule has 5 heteroatoms. The fourth-order valence-electron chi connectivity index (χ4n) is 2.02. The summed E-state index contributed by atoms with van der Waals surface area (Å²) in [5.74, 6) is 0.854. The molecule has 20 heavy (non-hydrogen) atoms. The molecule has 0 aliphatic carbocycles. The third-order valence-corrected chi connectivity index (χ3v) is 4.29. The predicted molar refractivity (Wildman–Crippen MR) is 83.1 cm³/mol. The number of anilines is 1. The topological polar surface area (TPSA) is 46.9 Å². The summed E-state index contributed by atoms with van der Waals surface area (Å²) in [6.07, 6.45) is 5.11. The summed E-state index contributed by atoms with van der Waals surface area (Å²) >= 11 is 1.74. The van der Waals surface area contributed by atoms with Gasteiger partial charge in [-0.1, -0.05) is 13.0 Å². The van der Waals surface area contributed by atoms with Gasteiger partial charge in [-0.3, -0.25) is 4.79 Å². The van der Waals surface area contributed by atoms with Crippen molar-refractivity contribution in [2.75, 3.05) is 5.32 Å². The zero-order valence-electron chi connectivity index (χ0n) is 12.0. The Morgan fingerprint density at radius 1 is 1.50 bits per heavy atom. The highest BCUT2D eigenvalue weighted by Gasteiger charge is 2.11. The smallest absolute Gasteiger partial charge is 0.225 e. The van der Waals surface area contributed by atoms with Crippen LogP contribution in [0.5, 0.6) is 0 Å². The highest BCUT2D eigenvalue weighted by atomic mass is 32.1. The van der Waals surface area contributed by atoms with Gasteiger partial charge < -0.3 is 5.32 Å². The molecule has 2 rings (SSSR count). The van der Waals surface area contributed by atoms with Crippen LogP contribution in [0.2, 0.25) is 0 Å². The number of carbonyl (C=O) groups is 1. The molecule has 1 N–H and O–H groups in total. The predicted octanol–water partition coefficient (Wildman–Crippen LogP) is 3.88. The summed E-state index contributed by atoms with van der Waals surface area (Å²) in [5, 5.41) is 9.28. The maximum Gasteiger partial charge on any atom is 0.225 e. The molecule has 0 bridgehead atoms. The van der Waals surface area contributed by atoms with Crippen LogP contribution in [0.3, 0.4) is 0 Å². The quantitative estimate of drug-likeness (QED) is 0.841. The lowest BCUT2D eigenvalue weighted by molar-refractivity contribution is -0.116. The number of carbonyl (C=O) groups excluding carboxylic acids is 1. The number of hydrogen-bond acceptors (Lipinski definition) is 3. The van der Waals surface area contributed by atoms with Gasteiger partial charge in [0.2, 0.25) is 5.91 Å². The lowest BCUT2D eigenvalue weighted by atomic mass is 10.2. The third kappa shape index (κ3) is 3.93. The van der Waals surface area contributed by atoms with Gasteiger partial charge >= 0.3 is 0 Å². The summed E-state index contributed by atoms with van der Waals surface area (Å²) in [4.78, 5) is 13.3. The molecule has 2 aromatic heterocycles. The molecule has 0 radical (unpaired) electrons. The van der Waals surface area contributed by atoms with Crippen molar-refractivity contribution in [2.45, 2.75) is 45.6 Å². The van der Waals surface area contributed by atoms with E-state index in [0.717, 1.165) is 25.1 Å². The van der Waals surface area contributed by atoms with E-state index in [0.29, 0.717) is 12.5 Å². The van der Waals surface area contributed by atoms with Crippen molar-refractivity contribution in [1.82, 2.24) is 9.78 Å². The van der Waals surface area contributed by atoms with Gasteiger partial charge in [-0.25, -0.2) is 4.68 Å². The van der Waals surface area contributed by atoms with Gasteiger partial charge in [0.25, 0.3) is 0 Å². The van der Waals surface area contributed by atoms with Crippen LogP contribution in [0, 0.1) is 0 Å². The zero-order chi connectivity index (χ0) is 14.4. The van der Waals surface area contributed by atoms with E-state index in [-0.39, 0.29) is 5.91 Å². The van der Waals surface area contributed by atoms with E-state index in [1.54, 1.807) is 17.5 Å². The van der Waals surface area contributed by atoms with Crippen molar-refractivity contribution >= 4 is 23.1 Å². The van der Waals surface area contributed by atoms with E-state index in [9.17, 15) is 4.79 Å². The molecule has 0 aliphatic heterocycles. The lowest BCUT2D eigenvalue weighted by Crippen LogP contribution is -2.17. The van der Waals surface area contributed by atoms with Crippen LogP contribution in [-0.2, 0) is 11.2 Å². The standard InChI is InChI=1S/C15H21N3OS/c1-3-12(2)18-14(9-10-16-18)17-15(19)8-4-6-13-7-5-11-20-13/h5,7,9-12H,3-4,6,8H2,1-2H3,(H,17,19). The van der Waals surface area contributed by atoms with Crippen molar-refractivity contribution in [1.29, 1.82) is 0 Å². The molecule has 2 aromatic rings. The monoisotopic (exact) mass is 291 g/mol. The molecule has 108 valence electrons. The van der Waals surface area contributed by atoms with Crippen LogP contribution in [0.25, 0.3) is 0 Å². The van der Waals surface area contributed by atoms with Gasteiger partial charge in [-0.15, -0.1) is 11.3 Å². The second-order valence-corrected chi connectivity index (χ2v) is 5.93. The summed E-state index contributed by atoms with van der Waals surface area (Å²) in [5.41, 5.74) is 0. The van der Waals surface area contributed by atoms with Gasteiger partial charge in [0.15, 0.2) is 0 Å². The van der Waals surface area contributed by atoms with Crippen LogP contribution in [0.15, 0.2) is 29.8 Å². The minimum atomic E-state index is 0.0617. The van der Waals surface area contributed by atoms with Crippen LogP contribution in [0.1, 0.15) is 44.0 Å². The first-order chi connectivity index (χ1) is 9.70. The molecule has 1 unspecified atom stereocenters. The Morgan fingerprint density at radius 3 is 3.05 bits per heavy atom. The Labute approximate surface area is 123 Å². The average molecular weight is 291 g/mol. The van der Waals surface area contributed by atoms with Crippen molar-refractivity contribution in [3.63, 3.8) is 0 Å². The van der Waals surface area contributed by atoms with E-state index in [1.807, 2.05) is 16.8 Å². The van der Waals surface area contributed by atoms with Crippen molar-refractivity contribution in [3.05, 3.63) is 34.7 Å². The third-order valence-electron chi connectivity index (χ3n) is 3.35. The fourth-order valence-corrected chi connectivity index (χ4v) is 2.77. The molecule has 0 spiro atoms. The molecule has 1 amide bonds. The Hall–Kier alpha value is -1.62. The minimum Gasteiger partial charge on any atom is -0.311 e. The molecule has 0 fully saturated rings. The lowest BCUT2D eigenvalue weighted by Gasteiger charge is -2.14. The zero-order valence-corrected chi connectivity index (χ0v) is 12.8. The van der Waals surface area contributed by atoms with E-state index in [1.165, 1.54) is 4.88 Å². The van der Waals surface area contributed by atoms with Crippen molar-refractivity contribution in [3.8, 4) is 0 Å². The van der Waals surface area contributed by atoms with Gasteiger partial charge in [0.05, 0.1) is 12.2 Å². The number of amides is 1. The van der Waals surface area contributed by atoms with Crippen LogP contribution >= 0.6 is 11.3 Å². The SMILES string of the molecule is CCC(C)n1nccc1NC(=O)CCCc1cccs1. The molecular formula is C15H21N3OS. The molecule has 2 heterocycles. The number of hydrogen-bond donors (Lipinski definition) is 1. The molecule has 0 aromatic carbocycles. The first kappa shape index (κ1) is 14.8. The average Bonchev–Trinajstić information content (AvgIpc) is 3.09. The van der Waals surface area contributed by atoms with Crippen molar-refractivity contribution in [2.24, 2.45) is 0 Å². The number of aryl methyl sites for hydroxylation is 1. The first-order valence-corrected chi connectivity index (χ1v) is 7.94. The Balaban J connectivity index is 1.81. The highest BCUT2D eigenvalue weighted by Crippen LogP contribution is 2.17. The first-order valence-electron chi connectivity index (χ1n) is 7.06. The Morgan fingerprint density at radius 2 is 2.35 bits per heavy atom. The van der Waals surface area contributed by atoms with Crippen LogP contribution < -0.4 is 5.32 Å². The molecule has 1 atom stereocenters. The maximum absolute atomic E-state index is 12.0. The summed E-state index contributed by atoms with van der Waals surface area (Å²) < 4.78 is 1.87. The van der Waals surface area contributed by atoms with Gasteiger partial charge in [0.1, 0.15) is 5.82 Å². The van der Waals surface area contributed by atoms with Crippen LogP contribution in [0.4, 0.5) is 5.82 Å². The molecule has 4 nitrogen and oxygen atoms in total. The highest BCUT2D eigenvalue weighted by molar-refractivity contribution is 7.09. The number of rotatable bonds is 7. The maximum atomic E-state index is 12.0. The summed E-state index contributed by atoms with van der Waals surface area (Å²) in [7, 11) is 0. The van der Waals surface area contributed by atoms with Gasteiger partial charge in [0, 0.05) is 17.4 Å². The van der Waals surface area contributed by atoms with E-state index in [4.69, 9.17) is 0 Å². The summed E-state index contributed by atoms with van der Waals surface area (Å²) in [6.45, 7) is 4.21. The van der Waals surface area contributed by atoms with E-state index < -0.39 is 0 Å². The number of aromatic nitrogens is 2. The number of nitrogens with one attached hydrogen (secondary N) is 1. The Bertz CT molecular complexity index is 533. The van der Waals surface area contributed by atoms with Gasteiger partial charge in [-0.2, -0.15) is 5.10 Å². The van der Waals surface area contributed by atoms with E-state index >= 15 is 0 Å². The normalized spacial score (nSPS) is 12.3.